The fourth-order valence-electron chi connectivity index (χ4n) is 3.96. The lowest BCUT2D eigenvalue weighted by molar-refractivity contribution is 0.174. The van der Waals surface area contributed by atoms with Gasteiger partial charge in [-0.05, 0) is 41.5 Å². The van der Waals surface area contributed by atoms with Crippen molar-refractivity contribution in [3.63, 3.8) is 0 Å². The third kappa shape index (κ3) is 3.74. The van der Waals surface area contributed by atoms with E-state index in [2.05, 4.69) is 6.07 Å². The van der Waals surface area contributed by atoms with Gasteiger partial charge in [0.25, 0.3) is 0 Å². The van der Waals surface area contributed by atoms with Crippen LogP contribution in [0.4, 0.5) is 4.39 Å². The predicted molar refractivity (Wildman–Crippen MR) is 116 cm³/mol. The summed E-state index contributed by atoms with van der Waals surface area (Å²) in [5.74, 6) is 1.77. The minimum absolute atomic E-state index is 0.0271. The standard InChI is InChI=1S/C25H19FN2O5/c1-29-21-8-15(5-6-19(21)30-12-14-3-2-4-16(26)7-14)24-17-9-22-23(32-13-31-22)10-20(17)33-25(28)18(24)11-27/h2-10,24H,12-13,28H2,1H3/t24-/m0/s1. The molecule has 2 aliphatic rings. The number of nitrogens with zero attached hydrogens (tertiary/aromatic N) is 1. The summed E-state index contributed by atoms with van der Waals surface area (Å²) in [5, 5.41) is 9.82. The molecule has 0 aliphatic carbocycles. The number of ether oxygens (including phenoxy) is 5. The van der Waals surface area contributed by atoms with E-state index >= 15 is 0 Å². The zero-order chi connectivity index (χ0) is 22.9. The Morgan fingerprint density at radius 2 is 1.88 bits per heavy atom. The van der Waals surface area contributed by atoms with Crippen LogP contribution in [0, 0.1) is 17.1 Å². The minimum atomic E-state index is -0.501. The van der Waals surface area contributed by atoms with Gasteiger partial charge in [-0.1, -0.05) is 18.2 Å². The maximum Gasteiger partial charge on any atom is 0.231 e. The van der Waals surface area contributed by atoms with Gasteiger partial charge in [-0.2, -0.15) is 5.26 Å². The van der Waals surface area contributed by atoms with E-state index in [0.29, 0.717) is 34.3 Å². The van der Waals surface area contributed by atoms with Gasteiger partial charge in [-0.3, -0.25) is 0 Å². The average Bonchev–Trinajstić information content (AvgIpc) is 3.28. The van der Waals surface area contributed by atoms with Gasteiger partial charge >= 0.3 is 0 Å². The van der Waals surface area contributed by atoms with E-state index in [0.717, 1.165) is 11.1 Å². The molecule has 2 N–H and O–H groups in total. The van der Waals surface area contributed by atoms with Crippen molar-refractivity contribution in [2.24, 2.45) is 5.73 Å². The molecule has 0 radical (unpaired) electrons. The maximum atomic E-state index is 13.5. The summed E-state index contributed by atoms with van der Waals surface area (Å²) >= 11 is 0. The summed E-state index contributed by atoms with van der Waals surface area (Å²) < 4.78 is 41.5. The summed E-state index contributed by atoms with van der Waals surface area (Å²) in [7, 11) is 1.53. The summed E-state index contributed by atoms with van der Waals surface area (Å²) in [6, 6.07) is 17.2. The van der Waals surface area contributed by atoms with Crippen molar-refractivity contribution in [1.82, 2.24) is 0 Å². The molecule has 3 aromatic carbocycles. The van der Waals surface area contributed by atoms with Gasteiger partial charge in [-0.25, -0.2) is 4.39 Å². The van der Waals surface area contributed by atoms with Crippen LogP contribution in [-0.4, -0.2) is 13.9 Å². The van der Waals surface area contributed by atoms with Crippen LogP contribution in [0.1, 0.15) is 22.6 Å². The number of hydrogen-bond donors (Lipinski definition) is 1. The molecule has 0 saturated heterocycles. The first kappa shape index (κ1) is 20.5. The van der Waals surface area contributed by atoms with Crippen molar-refractivity contribution >= 4 is 0 Å². The third-order valence-corrected chi connectivity index (χ3v) is 5.51. The number of benzene rings is 3. The Morgan fingerprint density at radius 1 is 1.06 bits per heavy atom. The second-order valence-electron chi connectivity index (χ2n) is 7.50. The summed E-state index contributed by atoms with van der Waals surface area (Å²) in [6.45, 7) is 0.287. The van der Waals surface area contributed by atoms with Crippen LogP contribution >= 0.6 is 0 Å². The van der Waals surface area contributed by atoms with E-state index in [-0.39, 0.29) is 30.7 Å². The van der Waals surface area contributed by atoms with Crippen LogP contribution in [0.5, 0.6) is 28.7 Å². The quantitative estimate of drug-likeness (QED) is 0.622. The summed E-state index contributed by atoms with van der Waals surface area (Å²) in [6.07, 6.45) is 0. The molecule has 0 saturated carbocycles. The Hall–Kier alpha value is -4.38. The molecule has 2 aliphatic heterocycles. The van der Waals surface area contributed by atoms with E-state index in [1.165, 1.54) is 19.2 Å². The predicted octanol–water partition coefficient (Wildman–Crippen LogP) is 4.36. The molecule has 0 aromatic heterocycles. The lowest BCUT2D eigenvalue weighted by Crippen LogP contribution is -2.21. The molecule has 0 bridgehead atoms. The van der Waals surface area contributed by atoms with Gasteiger partial charge < -0.3 is 29.4 Å². The zero-order valence-electron chi connectivity index (χ0n) is 17.6. The molecule has 166 valence electrons. The van der Waals surface area contributed by atoms with Gasteiger partial charge in [-0.15, -0.1) is 0 Å². The van der Waals surface area contributed by atoms with Gasteiger partial charge in [0, 0.05) is 11.6 Å². The highest BCUT2D eigenvalue weighted by Gasteiger charge is 2.33. The fraction of sp³-hybridized carbons (Fsp3) is 0.160. The second-order valence-corrected chi connectivity index (χ2v) is 7.50. The Morgan fingerprint density at radius 3 is 2.64 bits per heavy atom. The lowest BCUT2D eigenvalue weighted by atomic mass is 9.83. The van der Waals surface area contributed by atoms with Crippen LogP contribution < -0.4 is 29.4 Å². The normalized spacial score (nSPS) is 16.0. The highest BCUT2D eigenvalue weighted by Crippen LogP contribution is 2.48. The van der Waals surface area contributed by atoms with E-state index in [1.807, 2.05) is 6.07 Å². The molecule has 0 spiro atoms. The number of nitrogens with two attached hydrogens (primary N) is 1. The third-order valence-electron chi connectivity index (χ3n) is 5.51. The maximum absolute atomic E-state index is 13.5. The SMILES string of the molecule is COc1cc([C@@H]2C(C#N)=C(N)Oc3cc4c(cc32)OCO4)ccc1OCc1cccc(F)c1. The number of methoxy groups -OCH3 is 1. The van der Waals surface area contributed by atoms with Crippen LogP contribution in [0.15, 0.2) is 66.1 Å². The Balaban J connectivity index is 1.51. The molecular weight excluding hydrogens is 427 g/mol. The topological polar surface area (TPSA) is 96.0 Å². The molecule has 0 amide bonds. The van der Waals surface area contributed by atoms with E-state index in [1.54, 1.807) is 36.4 Å². The van der Waals surface area contributed by atoms with Crippen molar-refractivity contribution in [2.75, 3.05) is 13.9 Å². The van der Waals surface area contributed by atoms with E-state index in [4.69, 9.17) is 29.4 Å². The van der Waals surface area contributed by atoms with Crippen molar-refractivity contribution in [1.29, 1.82) is 5.26 Å². The summed E-state index contributed by atoms with van der Waals surface area (Å²) in [4.78, 5) is 0. The number of fused-ring (bicyclic) bond motifs is 2. The smallest absolute Gasteiger partial charge is 0.231 e. The van der Waals surface area contributed by atoms with Gasteiger partial charge in [0.1, 0.15) is 29.8 Å². The first-order chi connectivity index (χ1) is 16.1. The first-order valence-corrected chi connectivity index (χ1v) is 10.1. The van der Waals surface area contributed by atoms with Crippen LogP contribution in [0.3, 0.4) is 0 Å². The molecule has 0 fully saturated rings. The Labute approximate surface area is 189 Å². The highest BCUT2D eigenvalue weighted by atomic mass is 19.1. The number of halogens is 1. The molecule has 0 unspecified atom stereocenters. The molecule has 1 atom stereocenters. The van der Waals surface area contributed by atoms with Crippen molar-refractivity contribution in [3.8, 4) is 34.8 Å². The van der Waals surface area contributed by atoms with Crippen LogP contribution in [0.25, 0.3) is 0 Å². The van der Waals surface area contributed by atoms with Gasteiger partial charge in [0.2, 0.25) is 12.7 Å². The Kier molecular flexibility index (Phi) is 5.15. The molecule has 3 aromatic rings. The number of hydrogen-bond acceptors (Lipinski definition) is 7. The molecule has 7 nitrogen and oxygen atoms in total. The van der Waals surface area contributed by atoms with Crippen LogP contribution in [0.2, 0.25) is 0 Å². The van der Waals surface area contributed by atoms with Crippen molar-refractivity contribution in [2.45, 2.75) is 12.5 Å². The molecular formula is C25H19FN2O5. The summed E-state index contributed by atoms with van der Waals surface area (Å²) in [5.41, 5.74) is 8.53. The molecule has 33 heavy (non-hydrogen) atoms. The largest absolute Gasteiger partial charge is 0.493 e. The van der Waals surface area contributed by atoms with E-state index < -0.39 is 5.92 Å². The fourth-order valence-corrected chi connectivity index (χ4v) is 3.96. The molecule has 8 heteroatoms. The number of nitriles is 1. The van der Waals surface area contributed by atoms with Crippen molar-refractivity contribution < 1.29 is 28.1 Å². The van der Waals surface area contributed by atoms with Crippen molar-refractivity contribution in [3.05, 3.63) is 88.6 Å². The highest BCUT2D eigenvalue weighted by molar-refractivity contribution is 5.62. The molecule has 2 heterocycles. The first-order valence-electron chi connectivity index (χ1n) is 10.1. The van der Waals surface area contributed by atoms with Gasteiger partial charge in [0.05, 0.1) is 13.0 Å². The number of rotatable bonds is 5. The van der Waals surface area contributed by atoms with Crippen LogP contribution in [-0.2, 0) is 6.61 Å². The van der Waals surface area contributed by atoms with Gasteiger partial charge in [0.15, 0.2) is 23.0 Å². The minimum Gasteiger partial charge on any atom is -0.493 e. The monoisotopic (exact) mass is 446 g/mol. The Bertz CT molecular complexity index is 1310. The second kappa shape index (κ2) is 8.28. The lowest BCUT2D eigenvalue weighted by Gasteiger charge is -2.27. The average molecular weight is 446 g/mol. The van der Waals surface area contributed by atoms with E-state index in [9.17, 15) is 9.65 Å². The zero-order valence-corrected chi connectivity index (χ0v) is 17.6. The molecule has 5 rings (SSSR count). The number of allylic oxidation sites excluding steroid dienone is 1.